The number of methoxy groups -OCH3 is 1. The van der Waals surface area contributed by atoms with Crippen LogP contribution in [0.15, 0.2) is 29.3 Å². The van der Waals surface area contributed by atoms with Crippen LogP contribution in [0.4, 0.5) is 10.8 Å². The van der Waals surface area contributed by atoms with E-state index in [1.807, 2.05) is 19.1 Å². The minimum Gasteiger partial charge on any atom is -0.495 e. The highest BCUT2D eigenvalue weighted by atomic mass is 32.1. The van der Waals surface area contributed by atoms with Gasteiger partial charge in [-0.3, -0.25) is 14.2 Å². The van der Waals surface area contributed by atoms with E-state index in [4.69, 9.17) is 4.74 Å². The number of hydrogen-bond acceptors (Lipinski definition) is 8. The number of aryl methyl sites for hydroxylation is 1. The molecule has 0 radical (unpaired) electrons. The van der Waals surface area contributed by atoms with Crippen LogP contribution in [-0.4, -0.2) is 65.2 Å². The first kappa shape index (κ1) is 21.3. The number of thiazole rings is 1. The highest BCUT2D eigenvalue weighted by Gasteiger charge is 2.21. The zero-order valence-corrected chi connectivity index (χ0v) is 18.7. The van der Waals surface area contributed by atoms with E-state index in [1.54, 1.807) is 13.2 Å². The number of anilines is 2. The zero-order chi connectivity index (χ0) is 22.0. The smallest absolute Gasteiger partial charge is 0.273 e. The Kier molecular flexibility index (Phi) is 6.19. The molecule has 0 saturated carbocycles. The van der Waals surface area contributed by atoms with E-state index in [0.29, 0.717) is 21.8 Å². The van der Waals surface area contributed by atoms with Crippen LogP contribution in [-0.2, 0) is 11.3 Å². The van der Waals surface area contributed by atoms with E-state index in [1.165, 1.54) is 22.2 Å². The third-order valence-corrected chi connectivity index (χ3v) is 6.50. The average Bonchev–Trinajstić information content (AvgIpc) is 3.21. The summed E-state index contributed by atoms with van der Waals surface area (Å²) in [5, 5.41) is 3.62. The zero-order valence-electron chi connectivity index (χ0n) is 17.9. The molecular formula is C21H26N6O3S. The minimum absolute atomic E-state index is 0.138. The predicted molar refractivity (Wildman–Crippen MR) is 122 cm³/mol. The fourth-order valence-corrected chi connectivity index (χ4v) is 4.62. The molecule has 10 heteroatoms. The number of amides is 1. The lowest BCUT2D eigenvalue weighted by atomic mass is 10.2. The van der Waals surface area contributed by atoms with Gasteiger partial charge in [0, 0.05) is 26.2 Å². The molecule has 1 N–H and O–H groups in total. The van der Waals surface area contributed by atoms with Crippen LogP contribution in [0.3, 0.4) is 0 Å². The van der Waals surface area contributed by atoms with E-state index >= 15 is 0 Å². The van der Waals surface area contributed by atoms with E-state index in [9.17, 15) is 9.59 Å². The fraction of sp³-hybridized carbons (Fsp3) is 0.429. The Balaban J connectivity index is 1.51. The summed E-state index contributed by atoms with van der Waals surface area (Å²) in [5.41, 5.74) is 1.74. The van der Waals surface area contributed by atoms with Gasteiger partial charge in [0.05, 0.1) is 12.8 Å². The molecule has 0 unspecified atom stereocenters. The summed E-state index contributed by atoms with van der Waals surface area (Å²) in [6.07, 6.45) is 1.39. The fourth-order valence-electron chi connectivity index (χ4n) is 3.60. The maximum atomic E-state index is 13.0. The number of hydrogen-bond donors (Lipinski definition) is 1. The molecule has 31 heavy (non-hydrogen) atoms. The van der Waals surface area contributed by atoms with Crippen molar-refractivity contribution >= 4 is 38.4 Å². The van der Waals surface area contributed by atoms with Gasteiger partial charge < -0.3 is 19.9 Å². The number of ether oxygens (including phenoxy) is 1. The topological polar surface area (TPSA) is 92.6 Å². The highest BCUT2D eigenvalue weighted by Crippen LogP contribution is 2.27. The third kappa shape index (κ3) is 4.54. The first-order chi connectivity index (χ1) is 15.0. The lowest BCUT2D eigenvalue weighted by Crippen LogP contribution is -2.46. The second-order valence-electron chi connectivity index (χ2n) is 7.50. The molecule has 0 spiro atoms. The van der Waals surface area contributed by atoms with Gasteiger partial charge >= 0.3 is 0 Å². The summed E-state index contributed by atoms with van der Waals surface area (Å²) in [6.45, 7) is 8.70. The molecule has 0 bridgehead atoms. The summed E-state index contributed by atoms with van der Waals surface area (Å²) >= 11 is 1.34. The Bertz CT molecular complexity index is 1150. The number of piperazine rings is 1. The quantitative estimate of drug-likeness (QED) is 0.624. The number of rotatable bonds is 6. The van der Waals surface area contributed by atoms with Crippen molar-refractivity contribution in [3.8, 4) is 5.75 Å². The van der Waals surface area contributed by atoms with Gasteiger partial charge in [-0.25, -0.2) is 4.98 Å². The van der Waals surface area contributed by atoms with Crippen LogP contribution in [0, 0.1) is 6.92 Å². The lowest BCUT2D eigenvalue weighted by molar-refractivity contribution is -0.116. The maximum Gasteiger partial charge on any atom is 0.273 e. The van der Waals surface area contributed by atoms with Crippen molar-refractivity contribution in [1.82, 2.24) is 19.4 Å². The van der Waals surface area contributed by atoms with Crippen LogP contribution >= 0.6 is 11.3 Å². The molecular weight excluding hydrogens is 416 g/mol. The summed E-state index contributed by atoms with van der Waals surface area (Å²) in [6, 6.07) is 5.53. The van der Waals surface area contributed by atoms with Crippen molar-refractivity contribution < 1.29 is 9.53 Å². The molecule has 1 saturated heterocycles. The van der Waals surface area contributed by atoms with Crippen molar-refractivity contribution in [3.05, 3.63) is 40.4 Å². The van der Waals surface area contributed by atoms with Gasteiger partial charge in [-0.2, -0.15) is 4.98 Å². The Labute approximate surface area is 184 Å². The number of carbonyl (C=O) groups excluding carboxylic acids is 1. The Hall–Kier alpha value is -2.98. The van der Waals surface area contributed by atoms with Gasteiger partial charge in [-0.1, -0.05) is 24.3 Å². The van der Waals surface area contributed by atoms with E-state index in [0.717, 1.165) is 43.4 Å². The van der Waals surface area contributed by atoms with Crippen molar-refractivity contribution in [1.29, 1.82) is 0 Å². The summed E-state index contributed by atoms with van der Waals surface area (Å²) < 4.78 is 7.08. The molecule has 164 valence electrons. The van der Waals surface area contributed by atoms with Crippen molar-refractivity contribution in [2.75, 3.05) is 50.1 Å². The molecule has 3 aromatic rings. The Morgan fingerprint density at radius 2 is 2.03 bits per heavy atom. The molecule has 3 heterocycles. The number of benzene rings is 1. The van der Waals surface area contributed by atoms with Crippen molar-refractivity contribution in [2.24, 2.45) is 0 Å². The number of nitrogens with one attached hydrogen (secondary N) is 1. The van der Waals surface area contributed by atoms with E-state index < -0.39 is 0 Å². The van der Waals surface area contributed by atoms with Gasteiger partial charge in [0.15, 0.2) is 10.8 Å². The number of likely N-dealkylation sites (N-methyl/N-ethyl adjacent to an activating group) is 1. The number of fused-ring (bicyclic) bond motifs is 1. The van der Waals surface area contributed by atoms with E-state index in [-0.39, 0.29) is 18.0 Å². The van der Waals surface area contributed by atoms with E-state index in [2.05, 4.69) is 32.0 Å². The first-order valence-electron chi connectivity index (χ1n) is 10.3. The van der Waals surface area contributed by atoms with Gasteiger partial charge in [-0.05, 0) is 31.2 Å². The largest absolute Gasteiger partial charge is 0.495 e. The monoisotopic (exact) mass is 442 g/mol. The molecule has 2 aromatic heterocycles. The Morgan fingerprint density at radius 1 is 1.26 bits per heavy atom. The van der Waals surface area contributed by atoms with Gasteiger partial charge in [-0.15, -0.1) is 0 Å². The highest BCUT2D eigenvalue weighted by molar-refractivity contribution is 7.22. The second-order valence-corrected chi connectivity index (χ2v) is 8.48. The molecule has 0 atom stereocenters. The van der Waals surface area contributed by atoms with Crippen molar-refractivity contribution in [3.63, 3.8) is 0 Å². The minimum atomic E-state index is -0.326. The summed E-state index contributed by atoms with van der Waals surface area (Å²) in [5.74, 6) is 0.239. The second kappa shape index (κ2) is 9.03. The summed E-state index contributed by atoms with van der Waals surface area (Å²) in [4.78, 5) is 39.0. The number of nitrogens with zero attached hydrogens (tertiary/aromatic N) is 5. The molecule has 1 aliphatic rings. The SMILES string of the molecule is CCN1CCN(c2nc3ncn(CC(=O)Nc4cc(C)ccc4OC)c(=O)c3s2)CC1. The molecule has 0 aliphatic carbocycles. The van der Waals surface area contributed by atoms with Crippen LogP contribution in [0.2, 0.25) is 0 Å². The molecule has 4 rings (SSSR count). The molecule has 1 amide bonds. The molecule has 1 aliphatic heterocycles. The molecule has 1 fully saturated rings. The van der Waals surface area contributed by atoms with Crippen molar-refractivity contribution in [2.45, 2.75) is 20.4 Å². The lowest BCUT2D eigenvalue weighted by Gasteiger charge is -2.33. The van der Waals surface area contributed by atoms with Crippen LogP contribution in [0.1, 0.15) is 12.5 Å². The molecule has 9 nitrogen and oxygen atoms in total. The number of aromatic nitrogens is 3. The van der Waals surface area contributed by atoms with Gasteiger partial charge in [0.2, 0.25) is 5.91 Å². The van der Waals surface area contributed by atoms with Crippen LogP contribution in [0.25, 0.3) is 10.3 Å². The van der Waals surface area contributed by atoms with Crippen LogP contribution in [0.5, 0.6) is 5.75 Å². The standard InChI is InChI=1S/C21H26N6O3S/c1-4-25-7-9-26(10-8-25)21-24-19-18(31-21)20(29)27(13-22-19)12-17(28)23-15-11-14(2)5-6-16(15)30-3/h5-6,11,13H,4,7-10,12H2,1-3H3,(H,23,28). The van der Waals surface area contributed by atoms with Gasteiger partial charge in [0.25, 0.3) is 5.56 Å². The maximum absolute atomic E-state index is 13.0. The average molecular weight is 443 g/mol. The predicted octanol–water partition coefficient (Wildman–Crippen LogP) is 1.95. The summed E-state index contributed by atoms with van der Waals surface area (Å²) in [7, 11) is 1.55. The third-order valence-electron chi connectivity index (χ3n) is 5.41. The normalized spacial score (nSPS) is 14.7. The first-order valence-corrected chi connectivity index (χ1v) is 11.1. The van der Waals surface area contributed by atoms with Crippen LogP contribution < -0.4 is 20.5 Å². The number of carbonyl (C=O) groups is 1. The molecule has 1 aromatic carbocycles. The van der Waals surface area contributed by atoms with Gasteiger partial charge in [0.1, 0.15) is 23.3 Å². The Morgan fingerprint density at radius 3 is 2.74 bits per heavy atom.